The zero-order chi connectivity index (χ0) is 11.4. The molecule has 0 N–H and O–H groups in total. The minimum Gasteiger partial charge on any atom is -0.206 e. The fourth-order valence-electron chi connectivity index (χ4n) is 1.77. The molecule has 82 valence electrons. The SMILES string of the molecule is CCP(c1ccccc1)c1ccccc1F. The van der Waals surface area contributed by atoms with Crippen LogP contribution in [0.1, 0.15) is 6.92 Å². The maximum atomic E-state index is 13.7. The van der Waals surface area contributed by atoms with Crippen LogP contribution in [0.5, 0.6) is 0 Å². The summed E-state index contributed by atoms with van der Waals surface area (Å²) in [5, 5.41) is 2.09. The first-order chi connectivity index (χ1) is 7.83. The van der Waals surface area contributed by atoms with Gasteiger partial charge in [-0.2, -0.15) is 0 Å². The van der Waals surface area contributed by atoms with E-state index in [1.54, 1.807) is 12.1 Å². The van der Waals surface area contributed by atoms with Crippen LogP contribution in [-0.4, -0.2) is 6.16 Å². The highest BCUT2D eigenvalue weighted by Crippen LogP contribution is 2.33. The van der Waals surface area contributed by atoms with Crippen molar-refractivity contribution >= 4 is 18.5 Å². The maximum absolute atomic E-state index is 13.7. The van der Waals surface area contributed by atoms with Crippen LogP contribution < -0.4 is 10.6 Å². The molecule has 0 spiro atoms. The molecule has 2 aromatic carbocycles. The molecule has 16 heavy (non-hydrogen) atoms. The van der Waals surface area contributed by atoms with Crippen molar-refractivity contribution in [1.29, 1.82) is 0 Å². The van der Waals surface area contributed by atoms with Crippen molar-refractivity contribution in [3.8, 4) is 0 Å². The van der Waals surface area contributed by atoms with Crippen LogP contribution in [-0.2, 0) is 0 Å². The summed E-state index contributed by atoms with van der Waals surface area (Å²) in [6.07, 6.45) is 0.972. The van der Waals surface area contributed by atoms with Gasteiger partial charge >= 0.3 is 0 Å². The van der Waals surface area contributed by atoms with E-state index in [2.05, 4.69) is 19.1 Å². The molecule has 0 bridgehead atoms. The summed E-state index contributed by atoms with van der Waals surface area (Å²) in [6, 6.07) is 17.3. The molecule has 2 heteroatoms. The quantitative estimate of drug-likeness (QED) is 0.712. The van der Waals surface area contributed by atoms with Crippen LogP contribution in [0.3, 0.4) is 0 Å². The second kappa shape index (κ2) is 5.23. The molecule has 0 saturated heterocycles. The highest BCUT2D eigenvalue weighted by molar-refractivity contribution is 7.72. The van der Waals surface area contributed by atoms with E-state index in [-0.39, 0.29) is 5.82 Å². The number of benzene rings is 2. The molecule has 0 nitrogen and oxygen atoms in total. The van der Waals surface area contributed by atoms with E-state index < -0.39 is 7.92 Å². The van der Waals surface area contributed by atoms with Gasteiger partial charge in [0.25, 0.3) is 0 Å². The minimum atomic E-state index is -0.544. The van der Waals surface area contributed by atoms with E-state index in [0.717, 1.165) is 11.5 Å². The zero-order valence-electron chi connectivity index (χ0n) is 9.23. The molecule has 0 aliphatic carbocycles. The normalized spacial score (nSPS) is 12.4. The van der Waals surface area contributed by atoms with Crippen LogP contribution in [0.2, 0.25) is 0 Å². The molecular formula is C14H14FP. The third-order valence-electron chi connectivity index (χ3n) is 2.53. The van der Waals surface area contributed by atoms with Crippen molar-refractivity contribution in [2.45, 2.75) is 6.92 Å². The predicted molar refractivity (Wildman–Crippen MR) is 69.6 cm³/mol. The fraction of sp³-hybridized carbons (Fsp3) is 0.143. The Balaban J connectivity index is 2.41. The molecule has 0 amide bonds. The van der Waals surface area contributed by atoms with E-state index in [1.165, 1.54) is 5.30 Å². The van der Waals surface area contributed by atoms with Gasteiger partial charge in [-0.25, -0.2) is 4.39 Å². The smallest absolute Gasteiger partial charge is 0.131 e. The Morgan fingerprint density at radius 3 is 2.19 bits per heavy atom. The van der Waals surface area contributed by atoms with Crippen LogP contribution in [0.15, 0.2) is 54.6 Å². The Kier molecular flexibility index (Phi) is 3.69. The summed E-state index contributed by atoms with van der Waals surface area (Å²) >= 11 is 0. The third kappa shape index (κ3) is 2.31. The average Bonchev–Trinajstić information content (AvgIpc) is 2.34. The lowest BCUT2D eigenvalue weighted by molar-refractivity contribution is 0.636. The molecular weight excluding hydrogens is 218 g/mol. The van der Waals surface area contributed by atoms with E-state index in [1.807, 2.05) is 30.3 Å². The van der Waals surface area contributed by atoms with Gasteiger partial charge in [-0.15, -0.1) is 0 Å². The summed E-state index contributed by atoms with van der Waals surface area (Å²) in [4.78, 5) is 0. The number of rotatable bonds is 3. The van der Waals surface area contributed by atoms with Gasteiger partial charge < -0.3 is 0 Å². The molecule has 0 aromatic heterocycles. The van der Waals surface area contributed by atoms with E-state index in [9.17, 15) is 4.39 Å². The number of halogens is 1. The Morgan fingerprint density at radius 2 is 1.56 bits per heavy atom. The fourth-order valence-corrected chi connectivity index (χ4v) is 3.89. The molecule has 1 atom stereocenters. The summed E-state index contributed by atoms with van der Waals surface area (Å²) in [5.74, 6) is -0.0840. The largest absolute Gasteiger partial charge is 0.206 e. The first-order valence-corrected chi connectivity index (χ1v) is 6.92. The van der Waals surface area contributed by atoms with Crippen molar-refractivity contribution in [3.05, 3.63) is 60.4 Å². The molecule has 2 aromatic rings. The van der Waals surface area contributed by atoms with Crippen molar-refractivity contribution in [2.75, 3.05) is 6.16 Å². The summed E-state index contributed by atoms with van der Waals surface area (Å²) < 4.78 is 13.7. The van der Waals surface area contributed by atoms with Crippen LogP contribution in [0.4, 0.5) is 4.39 Å². The molecule has 0 fully saturated rings. The second-order valence-electron chi connectivity index (χ2n) is 3.53. The minimum absolute atomic E-state index is 0.0840. The third-order valence-corrected chi connectivity index (χ3v) is 5.03. The molecule has 0 aliphatic rings. The topological polar surface area (TPSA) is 0 Å². The average molecular weight is 232 g/mol. The Bertz CT molecular complexity index is 453. The van der Waals surface area contributed by atoms with Gasteiger partial charge in [-0.3, -0.25) is 0 Å². The van der Waals surface area contributed by atoms with Gasteiger partial charge in [0.05, 0.1) is 0 Å². The van der Waals surface area contributed by atoms with Gasteiger partial charge in [0.1, 0.15) is 5.82 Å². The second-order valence-corrected chi connectivity index (χ2v) is 6.02. The van der Waals surface area contributed by atoms with E-state index in [4.69, 9.17) is 0 Å². The van der Waals surface area contributed by atoms with Gasteiger partial charge in [-0.05, 0) is 25.5 Å². The predicted octanol–water partition coefficient (Wildman–Crippen LogP) is 3.28. The number of hydrogen-bond acceptors (Lipinski definition) is 0. The molecule has 0 heterocycles. The van der Waals surface area contributed by atoms with Crippen molar-refractivity contribution in [3.63, 3.8) is 0 Å². The zero-order valence-corrected chi connectivity index (χ0v) is 10.1. The van der Waals surface area contributed by atoms with Gasteiger partial charge in [-0.1, -0.05) is 55.5 Å². The van der Waals surface area contributed by atoms with Gasteiger partial charge in [0.2, 0.25) is 0 Å². The lowest BCUT2D eigenvalue weighted by atomic mass is 10.3. The van der Waals surface area contributed by atoms with Crippen molar-refractivity contribution in [2.24, 2.45) is 0 Å². The maximum Gasteiger partial charge on any atom is 0.131 e. The van der Waals surface area contributed by atoms with Crippen molar-refractivity contribution in [1.82, 2.24) is 0 Å². The highest BCUT2D eigenvalue weighted by Gasteiger charge is 2.14. The van der Waals surface area contributed by atoms with Crippen LogP contribution in [0, 0.1) is 5.82 Å². The monoisotopic (exact) mass is 232 g/mol. The first kappa shape index (κ1) is 11.3. The first-order valence-electron chi connectivity index (χ1n) is 5.40. The molecule has 0 saturated carbocycles. The number of hydrogen-bond donors (Lipinski definition) is 0. The molecule has 0 aliphatic heterocycles. The summed E-state index contributed by atoms with van der Waals surface area (Å²) in [5.41, 5.74) is 0. The highest BCUT2D eigenvalue weighted by atomic mass is 31.1. The van der Waals surface area contributed by atoms with E-state index in [0.29, 0.717) is 0 Å². The van der Waals surface area contributed by atoms with Crippen LogP contribution in [0.25, 0.3) is 0 Å². The van der Waals surface area contributed by atoms with Crippen LogP contribution >= 0.6 is 7.92 Å². The Labute approximate surface area is 96.9 Å². The summed E-state index contributed by atoms with van der Waals surface area (Å²) in [7, 11) is -0.544. The van der Waals surface area contributed by atoms with Gasteiger partial charge in [0, 0.05) is 5.30 Å². The standard InChI is InChI=1S/C14H14FP/c1-2-16(12-8-4-3-5-9-12)14-11-7-6-10-13(14)15/h3-11H,2H2,1H3. The van der Waals surface area contributed by atoms with E-state index >= 15 is 0 Å². The lowest BCUT2D eigenvalue weighted by Gasteiger charge is -2.16. The Hall–Kier alpha value is -1.20. The van der Waals surface area contributed by atoms with Gasteiger partial charge in [0.15, 0.2) is 0 Å². The Morgan fingerprint density at radius 1 is 0.938 bits per heavy atom. The molecule has 1 unspecified atom stereocenters. The lowest BCUT2D eigenvalue weighted by Crippen LogP contribution is -2.15. The van der Waals surface area contributed by atoms with Crippen molar-refractivity contribution < 1.29 is 4.39 Å². The summed E-state index contributed by atoms with van der Waals surface area (Å²) in [6.45, 7) is 2.12. The molecule has 0 radical (unpaired) electrons. The molecule has 2 rings (SSSR count).